The Balaban J connectivity index is 0.000000188. The fourth-order valence-corrected chi connectivity index (χ4v) is 8.50. The quantitative estimate of drug-likeness (QED) is 0.107. The first-order valence-corrected chi connectivity index (χ1v) is 22.8. The number of nitrogens with zero attached hydrogens (tertiary/aromatic N) is 9. The number of piperidine rings is 1. The van der Waals surface area contributed by atoms with Crippen molar-refractivity contribution in [3.63, 3.8) is 0 Å². The monoisotopic (exact) mass is 936 g/mol. The maximum atomic E-state index is 12.4. The minimum absolute atomic E-state index is 0.0582. The van der Waals surface area contributed by atoms with Crippen molar-refractivity contribution in [2.45, 2.75) is 64.8 Å². The normalized spacial score (nSPS) is 16.0. The van der Waals surface area contributed by atoms with Crippen LogP contribution in [0.2, 0.25) is 5.02 Å². The maximum Gasteiger partial charge on any atom is 0.573 e. The molecule has 3 saturated heterocycles. The van der Waals surface area contributed by atoms with E-state index in [1.165, 1.54) is 62.3 Å². The molecule has 0 bridgehead atoms. The van der Waals surface area contributed by atoms with Gasteiger partial charge in [0.15, 0.2) is 11.3 Å². The number of benzene rings is 2. The van der Waals surface area contributed by atoms with Crippen LogP contribution in [0.25, 0.3) is 28.1 Å². The molecule has 7 heterocycles. The minimum atomic E-state index is -4.75. The van der Waals surface area contributed by atoms with Crippen LogP contribution >= 0.6 is 11.6 Å². The summed E-state index contributed by atoms with van der Waals surface area (Å²) in [4.78, 5) is 59.3. The molecule has 4 aromatic heterocycles. The second-order valence-corrected chi connectivity index (χ2v) is 17.2. The number of ether oxygens (including phenoxy) is 1. The van der Waals surface area contributed by atoms with Crippen molar-refractivity contribution < 1.29 is 27.5 Å². The summed E-state index contributed by atoms with van der Waals surface area (Å²) >= 11 is 5.89. The molecule has 0 unspecified atom stereocenters. The molecule has 0 radical (unpaired) electrons. The molecule has 3 aliphatic rings. The second kappa shape index (κ2) is 21.4. The topological polar surface area (TPSA) is 167 Å². The molecule has 3 N–H and O–H groups in total. The van der Waals surface area contributed by atoms with Crippen LogP contribution in [0, 0.1) is 13.8 Å². The van der Waals surface area contributed by atoms with Crippen molar-refractivity contribution in [3.05, 3.63) is 107 Å². The van der Waals surface area contributed by atoms with E-state index in [0.29, 0.717) is 64.0 Å². The predicted molar refractivity (Wildman–Crippen MR) is 254 cm³/mol. The highest BCUT2D eigenvalue weighted by Gasteiger charge is 2.31. The Morgan fingerprint density at radius 2 is 1.34 bits per heavy atom. The van der Waals surface area contributed by atoms with E-state index < -0.39 is 12.3 Å². The highest BCUT2D eigenvalue weighted by molar-refractivity contribution is 6.30. The Morgan fingerprint density at radius 1 is 0.776 bits per heavy atom. The van der Waals surface area contributed by atoms with Crippen LogP contribution in [0.15, 0.2) is 79.1 Å². The Hall–Kier alpha value is -6.50. The summed E-state index contributed by atoms with van der Waals surface area (Å²) in [6, 6.07) is 17.1. The van der Waals surface area contributed by atoms with Gasteiger partial charge in [-0.2, -0.15) is 9.97 Å². The number of alkyl halides is 3. The van der Waals surface area contributed by atoms with E-state index in [4.69, 9.17) is 21.6 Å². The first kappa shape index (κ1) is 47.0. The molecule has 350 valence electrons. The maximum absolute atomic E-state index is 12.4. The zero-order valence-electron chi connectivity index (χ0n) is 37.3. The molecule has 0 aliphatic carbocycles. The largest absolute Gasteiger partial charge is 0.573 e. The number of aryl methyl sites for hydroxylation is 3. The van der Waals surface area contributed by atoms with Crippen LogP contribution in [-0.4, -0.2) is 111 Å². The average molecular weight is 937 g/mol. The van der Waals surface area contributed by atoms with Crippen molar-refractivity contribution >= 4 is 74.8 Å². The van der Waals surface area contributed by atoms with Gasteiger partial charge >= 0.3 is 6.36 Å². The first-order chi connectivity index (χ1) is 32.3. The zero-order valence-corrected chi connectivity index (χ0v) is 38.1. The SMILES string of the molecule is Cc1nc(N2CCC(N3CCCC3)CC2)nc2ncc(NC(=O)/C=C/c3ccc(OC(F)(F)F)cc3)cc12.Cc1nc(N2CCNCC2)nc2ncc(NC(=O)CCc3ccc(Cl)cc3)cc12. The van der Waals surface area contributed by atoms with Gasteiger partial charge in [0.1, 0.15) is 5.75 Å². The number of nitrogens with one attached hydrogen (secondary N) is 3. The number of aromatic nitrogens is 6. The van der Waals surface area contributed by atoms with Crippen molar-refractivity contribution in [3.8, 4) is 5.75 Å². The van der Waals surface area contributed by atoms with Gasteiger partial charge in [-0.1, -0.05) is 35.9 Å². The van der Waals surface area contributed by atoms with Crippen molar-refractivity contribution in [2.75, 3.05) is 72.8 Å². The van der Waals surface area contributed by atoms with Gasteiger partial charge < -0.3 is 35.4 Å². The Kier molecular flexibility index (Phi) is 15.0. The molecule has 0 saturated carbocycles. The molecule has 15 nitrogen and oxygen atoms in total. The van der Waals surface area contributed by atoms with E-state index in [1.54, 1.807) is 18.5 Å². The minimum Gasteiger partial charge on any atom is -0.406 e. The van der Waals surface area contributed by atoms with Crippen LogP contribution in [0.3, 0.4) is 0 Å². The number of rotatable bonds is 11. The first-order valence-electron chi connectivity index (χ1n) is 22.4. The number of fused-ring (bicyclic) bond motifs is 2. The number of hydrogen-bond donors (Lipinski definition) is 3. The smallest absolute Gasteiger partial charge is 0.406 e. The number of carbonyl (C=O) groups is 2. The molecule has 9 rings (SSSR count). The summed E-state index contributed by atoms with van der Waals surface area (Å²) in [7, 11) is 0. The summed E-state index contributed by atoms with van der Waals surface area (Å²) in [5, 5.41) is 11.3. The molecule has 67 heavy (non-hydrogen) atoms. The number of anilines is 4. The highest BCUT2D eigenvalue weighted by Crippen LogP contribution is 2.27. The number of hydrogen-bond acceptors (Lipinski definition) is 13. The lowest BCUT2D eigenvalue weighted by atomic mass is 10.0. The number of halogens is 4. The lowest BCUT2D eigenvalue weighted by Crippen LogP contribution is -2.44. The van der Waals surface area contributed by atoms with E-state index in [1.807, 2.05) is 44.2 Å². The Bertz CT molecular complexity index is 2710. The summed E-state index contributed by atoms with van der Waals surface area (Å²) in [6.45, 7) is 11.7. The number of likely N-dealkylation sites (tertiary alicyclic amines) is 1. The molecule has 19 heteroatoms. The molecule has 0 atom stereocenters. The van der Waals surface area contributed by atoms with Crippen molar-refractivity contribution in [1.82, 2.24) is 40.1 Å². The molecule has 3 fully saturated rings. The van der Waals surface area contributed by atoms with E-state index in [2.05, 4.69) is 55.3 Å². The molecule has 3 aliphatic heterocycles. The van der Waals surface area contributed by atoms with Crippen molar-refractivity contribution in [2.24, 2.45) is 0 Å². The Labute approximate surface area is 391 Å². The summed E-state index contributed by atoms with van der Waals surface area (Å²) in [5.41, 5.74) is 5.62. The number of piperazine rings is 1. The average Bonchev–Trinajstić information content (AvgIpc) is 3.87. The van der Waals surface area contributed by atoms with Crippen LogP contribution in [0.5, 0.6) is 5.75 Å². The summed E-state index contributed by atoms with van der Waals surface area (Å²) < 4.78 is 40.7. The lowest BCUT2D eigenvalue weighted by molar-refractivity contribution is -0.274. The van der Waals surface area contributed by atoms with E-state index >= 15 is 0 Å². The fourth-order valence-electron chi connectivity index (χ4n) is 8.38. The number of pyridine rings is 2. The summed E-state index contributed by atoms with van der Waals surface area (Å²) in [6.07, 6.45) is 7.10. The number of amides is 2. The highest BCUT2D eigenvalue weighted by atomic mass is 35.5. The molecule has 2 aromatic carbocycles. The van der Waals surface area contributed by atoms with Gasteiger partial charge in [0.2, 0.25) is 23.7 Å². The molecule has 6 aromatic rings. The van der Waals surface area contributed by atoms with Crippen LogP contribution in [-0.2, 0) is 16.0 Å². The zero-order chi connectivity index (χ0) is 46.9. The third kappa shape index (κ3) is 12.9. The second-order valence-electron chi connectivity index (χ2n) is 16.7. The van der Waals surface area contributed by atoms with Gasteiger partial charge in [0, 0.05) is 73.6 Å². The third-order valence-electron chi connectivity index (χ3n) is 11.9. The van der Waals surface area contributed by atoms with Gasteiger partial charge in [-0.15, -0.1) is 13.2 Å². The van der Waals surface area contributed by atoms with Crippen molar-refractivity contribution in [1.29, 1.82) is 0 Å². The third-order valence-corrected chi connectivity index (χ3v) is 12.2. The predicted octanol–water partition coefficient (Wildman–Crippen LogP) is 7.92. The van der Waals surface area contributed by atoms with Crippen LogP contribution < -0.4 is 30.5 Å². The van der Waals surface area contributed by atoms with Crippen LogP contribution in [0.1, 0.15) is 54.6 Å². The summed E-state index contributed by atoms with van der Waals surface area (Å²) in [5.74, 6) is 0.612. The van der Waals surface area contributed by atoms with Gasteiger partial charge in [0.05, 0.1) is 35.2 Å². The van der Waals surface area contributed by atoms with E-state index in [0.717, 1.165) is 79.8 Å². The van der Waals surface area contributed by atoms with E-state index in [9.17, 15) is 22.8 Å². The number of carbonyl (C=O) groups excluding carboxylic acids is 2. The molecule has 0 spiro atoms. The van der Waals surface area contributed by atoms with E-state index in [-0.39, 0.29) is 11.7 Å². The van der Waals surface area contributed by atoms with Gasteiger partial charge in [0.25, 0.3) is 0 Å². The van der Waals surface area contributed by atoms with Crippen LogP contribution in [0.4, 0.5) is 36.4 Å². The van der Waals surface area contributed by atoms with Gasteiger partial charge in [-0.05, 0) is 113 Å². The van der Waals surface area contributed by atoms with Gasteiger partial charge in [-0.3, -0.25) is 9.59 Å². The standard InChI is InChI=1S/C27H29F3N6O2.C21H23ClN6O/c1-18-23-16-20(33-24(37)9-6-19-4-7-22(8-5-19)38-27(28,29)30)17-31-25(23)34-26(32-18)36-14-10-21(11-15-36)35-12-2-3-13-35;1-14-18-12-17(26-19(29)7-4-15-2-5-16(22)6-3-15)13-24-20(18)27-21(25-14)28-10-8-23-9-11-28/h4-9,16-17,21H,2-3,10-15H2,1H3,(H,33,37);2-3,5-6,12-13,23H,4,7-11H2,1H3,(H,26,29)/b9-6+;. The Morgan fingerprint density at radius 3 is 1.93 bits per heavy atom. The molecule has 2 amide bonds. The van der Waals surface area contributed by atoms with Gasteiger partial charge in [-0.25, -0.2) is 19.9 Å². The molecular formula is C48H52ClF3N12O3. The fraction of sp³-hybridized carbons (Fsp3) is 0.375. The molecular weight excluding hydrogens is 885 g/mol. The lowest BCUT2D eigenvalue weighted by Gasteiger charge is -2.36.